The molecular weight excluding hydrogens is 468 g/mol. The van der Waals surface area contributed by atoms with Gasteiger partial charge in [-0.05, 0) is 67.7 Å². The predicted octanol–water partition coefficient (Wildman–Crippen LogP) is 6.41. The fraction of sp³-hybridized carbons (Fsp3) is 0.519. The van der Waals surface area contributed by atoms with Crippen molar-refractivity contribution in [3.8, 4) is 11.5 Å². The van der Waals surface area contributed by atoms with E-state index < -0.39 is 5.97 Å². The zero-order valence-corrected chi connectivity index (χ0v) is 21.8. The molecule has 5 nitrogen and oxygen atoms in total. The second-order valence-corrected chi connectivity index (χ2v) is 12.0. The zero-order valence-electron chi connectivity index (χ0n) is 20.1. The van der Waals surface area contributed by atoms with Gasteiger partial charge in [0, 0.05) is 6.07 Å². The van der Waals surface area contributed by atoms with E-state index >= 15 is 0 Å². The number of rotatable bonds is 13. The van der Waals surface area contributed by atoms with Gasteiger partial charge in [-0.15, -0.1) is 23.5 Å². The van der Waals surface area contributed by atoms with Crippen LogP contribution >= 0.6 is 23.5 Å². The molecule has 0 unspecified atom stereocenters. The van der Waals surface area contributed by atoms with Crippen LogP contribution < -0.4 is 9.47 Å². The summed E-state index contributed by atoms with van der Waals surface area (Å²) in [4.78, 5) is 12.0. The number of benzene rings is 2. The summed E-state index contributed by atoms with van der Waals surface area (Å²) in [6, 6.07) is 13.4. The van der Waals surface area contributed by atoms with Crippen molar-refractivity contribution in [2.24, 2.45) is 0 Å². The van der Waals surface area contributed by atoms with Crippen LogP contribution in [-0.2, 0) is 13.0 Å². The number of carbonyl (C=O) groups is 1. The Bertz CT molecular complexity index is 911. The van der Waals surface area contributed by atoms with Crippen molar-refractivity contribution in [3.05, 3.63) is 59.2 Å². The van der Waals surface area contributed by atoms with Gasteiger partial charge in [-0.1, -0.05) is 43.2 Å². The van der Waals surface area contributed by atoms with Gasteiger partial charge in [0.15, 0.2) is 0 Å². The lowest BCUT2D eigenvalue weighted by atomic mass is 9.98. The molecule has 2 N–H and O–H groups in total. The van der Waals surface area contributed by atoms with Crippen LogP contribution in [0.15, 0.2) is 42.5 Å². The minimum absolute atomic E-state index is 0.118. The largest absolute Gasteiger partial charge is 0.496 e. The summed E-state index contributed by atoms with van der Waals surface area (Å²) in [7, 11) is 1.49. The lowest BCUT2D eigenvalue weighted by Gasteiger charge is -2.37. The molecule has 0 spiro atoms. The second-order valence-electron chi connectivity index (χ2n) is 8.81. The molecule has 186 valence electrons. The molecule has 2 aromatic carbocycles. The predicted molar refractivity (Wildman–Crippen MR) is 141 cm³/mol. The first kappa shape index (κ1) is 26.8. The number of hydrogen-bond acceptors (Lipinski definition) is 6. The fourth-order valence-corrected chi connectivity index (χ4v) is 8.02. The lowest BCUT2D eigenvalue weighted by Crippen LogP contribution is -2.29. The van der Waals surface area contributed by atoms with Crippen LogP contribution in [0.5, 0.6) is 11.5 Å². The molecule has 0 radical (unpaired) electrons. The maximum atomic E-state index is 12.0. The highest BCUT2D eigenvalue weighted by Crippen LogP contribution is 2.49. The summed E-state index contributed by atoms with van der Waals surface area (Å²) in [6.45, 7) is 2.29. The molecule has 0 amide bonds. The molecule has 1 aliphatic heterocycles. The van der Waals surface area contributed by atoms with Crippen LogP contribution in [0, 0.1) is 0 Å². The molecule has 0 aromatic heterocycles. The number of methoxy groups -OCH3 is 1. The van der Waals surface area contributed by atoms with Gasteiger partial charge in [-0.2, -0.15) is 0 Å². The smallest absolute Gasteiger partial charge is 0.339 e. The molecule has 1 saturated heterocycles. The number of aliphatic hydroxyl groups is 1. The number of aryl methyl sites for hydroxylation is 1. The van der Waals surface area contributed by atoms with Crippen LogP contribution in [0.1, 0.15) is 66.9 Å². The van der Waals surface area contributed by atoms with Crippen molar-refractivity contribution >= 4 is 29.5 Å². The molecule has 0 bridgehead atoms. The van der Waals surface area contributed by atoms with Crippen molar-refractivity contribution in [1.82, 2.24) is 0 Å². The topological polar surface area (TPSA) is 76.0 Å². The van der Waals surface area contributed by atoms with Crippen LogP contribution in [-0.4, -0.2) is 45.0 Å². The molecule has 0 aliphatic carbocycles. The Kier molecular flexibility index (Phi) is 10.5. The van der Waals surface area contributed by atoms with E-state index in [1.165, 1.54) is 13.5 Å². The molecule has 0 saturated carbocycles. The maximum Gasteiger partial charge on any atom is 0.339 e. The van der Waals surface area contributed by atoms with E-state index in [-0.39, 0.29) is 15.7 Å². The van der Waals surface area contributed by atoms with Gasteiger partial charge in [0.25, 0.3) is 0 Å². The van der Waals surface area contributed by atoms with Gasteiger partial charge in [0.2, 0.25) is 0 Å². The Morgan fingerprint density at radius 3 is 2.50 bits per heavy atom. The van der Waals surface area contributed by atoms with E-state index in [0.717, 1.165) is 54.7 Å². The molecule has 1 fully saturated rings. The van der Waals surface area contributed by atoms with Gasteiger partial charge in [0.05, 0.1) is 17.3 Å². The minimum Gasteiger partial charge on any atom is -0.496 e. The number of carboxylic acid groups (broad SMARTS) is 1. The van der Waals surface area contributed by atoms with Crippen molar-refractivity contribution in [2.45, 2.75) is 68.7 Å². The van der Waals surface area contributed by atoms with Crippen molar-refractivity contribution in [3.63, 3.8) is 0 Å². The van der Waals surface area contributed by atoms with E-state index in [0.29, 0.717) is 24.5 Å². The van der Waals surface area contributed by atoms with Gasteiger partial charge >= 0.3 is 5.97 Å². The Hall–Kier alpha value is -1.83. The Morgan fingerprint density at radius 2 is 1.85 bits per heavy atom. The first-order chi connectivity index (χ1) is 16.4. The number of aromatic carboxylic acids is 1. The first-order valence-electron chi connectivity index (χ1n) is 12.0. The number of hydrogen-bond donors (Lipinski definition) is 2. The van der Waals surface area contributed by atoms with Crippen molar-refractivity contribution in [2.75, 3.05) is 18.6 Å². The van der Waals surface area contributed by atoms with E-state index in [2.05, 4.69) is 0 Å². The molecule has 34 heavy (non-hydrogen) atoms. The highest BCUT2D eigenvalue weighted by Gasteiger charge is 2.34. The fourth-order valence-electron chi connectivity index (χ4n) is 4.39. The second kappa shape index (κ2) is 13.3. The Labute approximate surface area is 211 Å². The SMILES string of the molecule is COc1cc(OCc2ccccc2)cc(CCCCCC2(C[C@H](C)O)SCCCS2)c1C(=O)O. The number of thioether (sulfide) groups is 2. The summed E-state index contributed by atoms with van der Waals surface area (Å²) >= 11 is 4.00. The van der Waals surface area contributed by atoms with E-state index in [4.69, 9.17) is 9.47 Å². The van der Waals surface area contributed by atoms with Crippen LogP contribution in [0.2, 0.25) is 0 Å². The summed E-state index contributed by atoms with van der Waals surface area (Å²) < 4.78 is 11.5. The number of unbranched alkanes of at least 4 members (excludes halogenated alkanes) is 2. The standard InChI is InChI=1S/C27H36O5S2/c1-20(28)18-27(33-14-9-15-34-27)13-8-4-7-12-22-16-23(17-24(31-2)25(22)26(29)30)32-19-21-10-5-3-6-11-21/h3,5-6,10-11,16-17,20,28H,4,7-9,12-15,18-19H2,1-2H3,(H,29,30)/t20-/m0/s1. The highest BCUT2D eigenvalue weighted by atomic mass is 32.2. The number of carboxylic acids is 1. The average molecular weight is 505 g/mol. The lowest BCUT2D eigenvalue weighted by molar-refractivity contribution is 0.0692. The summed E-state index contributed by atoms with van der Waals surface area (Å²) in [6.07, 6.45) is 6.47. The first-order valence-corrected chi connectivity index (χ1v) is 14.0. The van der Waals surface area contributed by atoms with Gasteiger partial charge < -0.3 is 19.7 Å². The summed E-state index contributed by atoms with van der Waals surface area (Å²) in [5.74, 6) is 2.30. The maximum absolute atomic E-state index is 12.0. The third-order valence-electron chi connectivity index (χ3n) is 5.97. The zero-order chi connectivity index (χ0) is 24.4. The van der Waals surface area contributed by atoms with Crippen LogP contribution in [0.4, 0.5) is 0 Å². The number of aliphatic hydroxyl groups excluding tert-OH is 1. The van der Waals surface area contributed by atoms with Crippen molar-refractivity contribution in [1.29, 1.82) is 0 Å². The molecule has 7 heteroatoms. The monoisotopic (exact) mass is 504 g/mol. The Balaban J connectivity index is 1.62. The molecule has 1 heterocycles. The van der Waals surface area contributed by atoms with E-state index in [1.54, 1.807) is 6.07 Å². The van der Waals surface area contributed by atoms with E-state index in [1.807, 2.05) is 66.8 Å². The molecular formula is C27H36O5S2. The molecule has 1 aliphatic rings. The Morgan fingerprint density at radius 1 is 1.12 bits per heavy atom. The van der Waals surface area contributed by atoms with Gasteiger partial charge in [0.1, 0.15) is 23.7 Å². The minimum atomic E-state index is -0.979. The quantitative estimate of drug-likeness (QED) is 0.305. The molecule has 1 atom stereocenters. The van der Waals surface area contributed by atoms with Gasteiger partial charge in [-0.25, -0.2) is 4.79 Å². The average Bonchev–Trinajstić information content (AvgIpc) is 2.82. The van der Waals surface area contributed by atoms with Crippen LogP contribution in [0.3, 0.4) is 0 Å². The van der Waals surface area contributed by atoms with Crippen LogP contribution in [0.25, 0.3) is 0 Å². The normalized spacial score (nSPS) is 16.1. The third-order valence-corrected chi connectivity index (χ3v) is 9.46. The van der Waals surface area contributed by atoms with Gasteiger partial charge in [-0.3, -0.25) is 0 Å². The van der Waals surface area contributed by atoms with E-state index in [9.17, 15) is 15.0 Å². The molecule has 2 aromatic rings. The number of ether oxygens (including phenoxy) is 2. The molecule has 3 rings (SSSR count). The highest BCUT2D eigenvalue weighted by molar-refractivity contribution is 8.18. The summed E-state index contributed by atoms with van der Waals surface area (Å²) in [5.41, 5.74) is 2.02. The summed E-state index contributed by atoms with van der Waals surface area (Å²) in [5, 5.41) is 19.8. The van der Waals surface area contributed by atoms with Crippen molar-refractivity contribution < 1.29 is 24.5 Å². The third kappa shape index (κ3) is 7.85.